The second kappa shape index (κ2) is 6.25. The molecule has 0 heterocycles. The van der Waals surface area contributed by atoms with Gasteiger partial charge in [0.15, 0.2) is 11.6 Å². The highest BCUT2D eigenvalue weighted by molar-refractivity contribution is 5.82. The molecule has 2 rings (SSSR count). The van der Waals surface area contributed by atoms with E-state index < -0.39 is 17.7 Å². The molecular weight excluding hydrogens is 262 g/mol. The molecule has 0 saturated heterocycles. The van der Waals surface area contributed by atoms with Crippen molar-refractivity contribution >= 4 is 5.91 Å². The lowest BCUT2D eigenvalue weighted by atomic mass is 10.1. The van der Waals surface area contributed by atoms with Gasteiger partial charge in [0, 0.05) is 6.54 Å². The standard InChI is InChI=1S/C15H14F2N2O/c16-12-7-6-10(8-13(12)17)9-19-15(20)14(18)11-4-2-1-3-5-11/h1-8,14H,9,18H2,(H,19,20)/t14-/m0/s1. The quantitative estimate of drug-likeness (QED) is 0.900. The van der Waals surface area contributed by atoms with Gasteiger partial charge in [-0.3, -0.25) is 4.79 Å². The molecule has 2 aromatic carbocycles. The van der Waals surface area contributed by atoms with Crippen molar-refractivity contribution in [1.29, 1.82) is 0 Å². The van der Waals surface area contributed by atoms with Crippen LogP contribution in [0, 0.1) is 11.6 Å². The maximum Gasteiger partial charge on any atom is 0.241 e. The van der Waals surface area contributed by atoms with Crippen molar-refractivity contribution < 1.29 is 13.6 Å². The van der Waals surface area contributed by atoms with Gasteiger partial charge in [-0.2, -0.15) is 0 Å². The van der Waals surface area contributed by atoms with E-state index in [9.17, 15) is 13.6 Å². The molecule has 20 heavy (non-hydrogen) atoms. The number of benzene rings is 2. The zero-order valence-electron chi connectivity index (χ0n) is 10.6. The molecule has 0 unspecified atom stereocenters. The number of hydrogen-bond acceptors (Lipinski definition) is 2. The average Bonchev–Trinajstić information content (AvgIpc) is 2.48. The maximum atomic E-state index is 13.0. The number of nitrogens with two attached hydrogens (primary N) is 1. The van der Waals surface area contributed by atoms with Crippen LogP contribution in [0.1, 0.15) is 17.2 Å². The third-order valence-electron chi connectivity index (χ3n) is 2.89. The predicted octanol–water partition coefficient (Wildman–Crippen LogP) is 2.28. The zero-order chi connectivity index (χ0) is 14.5. The highest BCUT2D eigenvalue weighted by Crippen LogP contribution is 2.11. The lowest BCUT2D eigenvalue weighted by molar-refractivity contribution is -0.122. The molecule has 0 aliphatic rings. The number of halogens is 2. The third-order valence-corrected chi connectivity index (χ3v) is 2.89. The zero-order valence-corrected chi connectivity index (χ0v) is 10.6. The molecule has 0 spiro atoms. The Labute approximate surface area is 115 Å². The normalized spacial score (nSPS) is 11.9. The summed E-state index contributed by atoms with van der Waals surface area (Å²) in [5.41, 5.74) is 6.97. The summed E-state index contributed by atoms with van der Waals surface area (Å²) in [6.07, 6.45) is 0. The molecule has 1 amide bonds. The summed E-state index contributed by atoms with van der Waals surface area (Å²) in [4.78, 5) is 11.9. The van der Waals surface area contributed by atoms with E-state index in [1.165, 1.54) is 6.07 Å². The van der Waals surface area contributed by atoms with E-state index in [0.717, 1.165) is 12.1 Å². The lowest BCUT2D eigenvalue weighted by Crippen LogP contribution is -2.33. The van der Waals surface area contributed by atoms with Crippen LogP contribution < -0.4 is 11.1 Å². The molecule has 0 aromatic heterocycles. The van der Waals surface area contributed by atoms with Gasteiger partial charge < -0.3 is 11.1 Å². The van der Waals surface area contributed by atoms with E-state index in [1.807, 2.05) is 6.07 Å². The minimum Gasteiger partial charge on any atom is -0.350 e. The Balaban J connectivity index is 1.96. The van der Waals surface area contributed by atoms with E-state index in [2.05, 4.69) is 5.32 Å². The fraction of sp³-hybridized carbons (Fsp3) is 0.133. The molecule has 0 radical (unpaired) electrons. The smallest absolute Gasteiger partial charge is 0.241 e. The molecule has 0 fully saturated rings. The molecule has 5 heteroatoms. The van der Waals surface area contributed by atoms with Crippen molar-refractivity contribution in [2.75, 3.05) is 0 Å². The van der Waals surface area contributed by atoms with Crippen LogP contribution in [0.2, 0.25) is 0 Å². The Morgan fingerprint density at radius 2 is 1.80 bits per heavy atom. The van der Waals surface area contributed by atoms with Gasteiger partial charge in [0.25, 0.3) is 0 Å². The van der Waals surface area contributed by atoms with Crippen molar-refractivity contribution in [1.82, 2.24) is 5.32 Å². The first-order chi connectivity index (χ1) is 9.58. The van der Waals surface area contributed by atoms with Crippen LogP contribution in [-0.2, 0) is 11.3 Å². The average molecular weight is 276 g/mol. The number of rotatable bonds is 4. The Morgan fingerprint density at radius 3 is 2.45 bits per heavy atom. The third kappa shape index (κ3) is 3.39. The first-order valence-electron chi connectivity index (χ1n) is 6.10. The molecule has 0 aliphatic carbocycles. The molecule has 104 valence electrons. The van der Waals surface area contributed by atoms with Crippen LogP contribution >= 0.6 is 0 Å². The van der Waals surface area contributed by atoms with Crippen molar-refractivity contribution in [3.05, 3.63) is 71.3 Å². The molecule has 0 saturated carbocycles. The van der Waals surface area contributed by atoms with Crippen LogP contribution in [0.15, 0.2) is 48.5 Å². The Bertz CT molecular complexity index is 602. The molecule has 3 N–H and O–H groups in total. The van der Waals surface area contributed by atoms with Gasteiger partial charge in [0.2, 0.25) is 5.91 Å². The molecule has 2 aromatic rings. The van der Waals surface area contributed by atoms with Crippen molar-refractivity contribution in [2.24, 2.45) is 5.73 Å². The number of amides is 1. The predicted molar refractivity (Wildman–Crippen MR) is 71.6 cm³/mol. The Hall–Kier alpha value is -2.27. The van der Waals surface area contributed by atoms with Crippen molar-refractivity contribution in [3.8, 4) is 0 Å². The van der Waals surface area contributed by atoms with Gasteiger partial charge in [-0.1, -0.05) is 36.4 Å². The summed E-state index contributed by atoms with van der Waals surface area (Å²) in [6.45, 7) is 0.0938. The molecule has 1 atom stereocenters. The SMILES string of the molecule is N[C@H](C(=O)NCc1ccc(F)c(F)c1)c1ccccc1. The Morgan fingerprint density at radius 1 is 1.10 bits per heavy atom. The van der Waals surface area contributed by atoms with E-state index in [1.54, 1.807) is 24.3 Å². The molecule has 3 nitrogen and oxygen atoms in total. The number of hydrogen-bond donors (Lipinski definition) is 2. The lowest BCUT2D eigenvalue weighted by Gasteiger charge is -2.12. The minimum absolute atomic E-state index is 0.0938. The van der Waals surface area contributed by atoms with Crippen molar-refractivity contribution in [2.45, 2.75) is 12.6 Å². The van der Waals surface area contributed by atoms with E-state index in [4.69, 9.17) is 5.73 Å². The van der Waals surface area contributed by atoms with Gasteiger partial charge in [0.1, 0.15) is 6.04 Å². The highest BCUT2D eigenvalue weighted by atomic mass is 19.2. The number of nitrogens with one attached hydrogen (secondary N) is 1. The monoisotopic (exact) mass is 276 g/mol. The topological polar surface area (TPSA) is 55.1 Å². The second-order valence-corrected chi connectivity index (χ2v) is 4.35. The Kier molecular flexibility index (Phi) is 4.42. The number of carbonyl (C=O) groups is 1. The summed E-state index contributed by atoms with van der Waals surface area (Å²) < 4.78 is 25.8. The van der Waals surface area contributed by atoms with E-state index >= 15 is 0 Å². The first-order valence-corrected chi connectivity index (χ1v) is 6.10. The maximum absolute atomic E-state index is 13.0. The van der Waals surface area contributed by atoms with E-state index in [0.29, 0.717) is 11.1 Å². The second-order valence-electron chi connectivity index (χ2n) is 4.35. The van der Waals surface area contributed by atoms with Crippen LogP contribution in [0.3, 0.4) is 0 Å². The van der Waals surface area contributed by atoms with Gasteiger partial charge >= 0.3 is 0 Å². The van der Waals surface area contributed by atoms with Crippen LogP contribution in [0.4, 0.5) is 8.78 Å². The molecule has 0 bridgehead atoms. The first kappa shape index (κ1) is 14.1. The summed E-state index contributed by atoms with van der Waals surface area (Å²) in [7, 11) is 0. The summed E-state index contributed by atoms with van der Waals surface area (Å²) >= 11 is 0. The molecule has 0 aliphatic heterocycles. The fourth-order valence-electron chi connectivity index (χ4n) is 1.76. The largest absolute Gasteiger partial charge is 0.350 e. The minimum atomic E-state index is -0.941. The van der Waals surface area contributed by atoms with Crippen molar-refractivity contribution in [3.63, 3.8) is 0 Å². The van der Waals surface area contributed by atoms with Crippen LogP contribution in [-0.4, -0.2) is 5.91 Å². The van der Waals surface area contributed by atoms with Gasteiger partial charge in [-0.15, -0.1) is 0 Å². The highest BCUT2D eigenvalue weighted by Gasteiger charge is 2.15. The number of carbonyl (C=O) groups excluding carboxylic acids is 1. The van der Waals surface area contributed by atoms with Crippen LogP contribution in [0.5, 0.6) is 0 Å². The fourth-order valence-corrected chi connectivity index (χ4v) is 1.76. The van der Waals surface area contributed by atoms with Gasteiger partial charge in [-0.25, -0.2) is 8.78 Å². The van der Waals surface area contributed by atoms with Gasteiger partial charge in [-0.05, 0) is 23.3 Å². The summed E-state index contributed by atoms with van der Waals surface area (Å²) in [5, 5.41) is 2.59. The van der Waals surface area contributed by atoms with Gasteiger partial charge in [0.05, 0.1) is 0 Å². The van der Waals surface area contributed by atoms with E-state index in [-0.39, 0.29) is 12.5 Å². The molecular formula is C15H14F2N2O. The summed E-state index contributed by atoms with van der Waals surface area (Å²) in [6, 6.07) is 11.6. The van der Waals surface area contributed by atoms with Crippen LogP contribution in [0.25, 0.3) is 0 Å². The summed E-state index contributed by atoms with van der Waals surface area (Å²) in [5.74, 6) is -2.23.